The lowest BCUT2D eigenvalue weighted by atomic mass is 10.3. The van der Waals surface area contributed by atoms with E-state index in [1.165, 1.54) is 11.8 Å². The number of rotatable bonds is 5. The Labute approximate surface area is 131 Å². The summed E-state index contributed by atoms with van der Waals surface area (Å²) in [6.07, 6.45) is 6.11. The molecule has 0 aliphatic rings. The van der Waals surface area contributed by atoms with E-state index in [0.717, 1.165) is 18.6 Å². The molecule has 18 heavy (non-hydrogen) atoms. The third-order valence-electron chi connectivity index (χ3n) is 2.13. The Balaban J connectivity index is 2.86. The maximum Gasteiger partial charge on any atom is 0.155 e. The molecular formula is C12H12Cl4OS. The molecule has 0 radical (unpaired) electrons. The number of phenols is 1. The van der Waals surface area contributed by atoms with Crippen LogP contribution in [0.25, 0.3) is 0 Å². The van der Waals surface area contributed by atoms with E-state index in [4.69, 9.17) is 46.4 Å². The van der Waals surface area contributed by atoms with Crippen LogP contribution in [0.1, 0.15) is 19.8 Å². The molecule has 1 aromatic carbocycles. The lowest BCUT2D eigenvalue weighted by Gasteiger charge is -2.11. The summed E-state index contributed by atoms with van der Waals surface area (Å²) in [5.41, 5.74) is 0. The Morgan fingerprint density at radius 2 is 1.56 bits per heavy atom. The Kier molecular flexibility index (Phi) is 7.04. The minimum atomic E-state index is -0.274. The maximum absolute atomic E-state index is 9.58. The number of halogens is 4. The number of allylic oxidation sites excluding steroid dienone is 2. The number of hydrogen-bond donors (Lipinski definition) is 1. The predicted octanol–water partition coefficient (Wildman–Crippen LogP) is 6.45. The first-order chi connectivity index (χ1) is 8.50. The molecule has 0 amide bonds. The minimum Gasteiger partial charge on any atom is -0.505 e. The van der Waals surface area contributed by atoms with E-state index in [0.29, 0.717) is 4.90 Å². The van der Waals surface area contributed by atoms with Crippen LogP contribution in [-0.4, -0.2) is 10.9 Å². The van der Waals surface area contributed by atoms with Gasteiger partial charge in [-0.3, -0.25) is 0 Å². The maximum atomic E-state index is 9.58. The Bertz CT molecular complexity index is 431. The highest BCUT2D eigenvalue weighted by Crippen LogP contribution is 2.48. The number of aromatic hydroxyl groups is 1. The minimum absolute atomic E-state index is 0.0395. The van der Waals surface area contributed by atoms with Gasteiger partial charge in [0.25, 0.3) is 0 Å². The van der Waals surface area contributed by atoms with Crippen molar-refractivity contribution in [2.24, 2.45) is 0 Å². The first kappa shape index (κ1) is 16.3. The SMILES string of the molecule is CC/C=C/CCSc1c(Cl)c(Cl)c(O)c(Cl)c1Cl. The van der Waals surface area contributed by atoms with Crippen molar-refractivity contribution in [1.29, 1.82) is 0 Å². The van der Waals surface area contributed by atoms with E-state index in [1.807, 2.05) is 0 Å². The molecule has 0 saturated carbocycles. The highest BCUT2D eigenvalue weighted by Gasteiger charge is 2.19. The van der Waals surface area contributed by atoms with Crippen LogP contribution in [0, 0.1) is 0 Å². The van der Waals surface area contributed by atoms with Gasteiger partial charge in [-0.2, -0.15) is 0 Å². The second-order valence-corrected chi connectivity index (χ2v) is 6.07. The van der Waals surface area contributed by atoms with E-state index in [2.05, 4.69) is 19.1 Å². The van der Waals surface area contributed by atoms with Crippen molar-refractivity contribution >= 4 is 58.2 Å². The molecule has 0 aliphatic carbocycles. The van der Waals surface area contributed by atoms with Gasteiger partial charge in [0.2, 0.25) is 0 Å². The van der Waals surface area contributed by atoms with E-state index in [1.54, 1.807) is 0 Å². The van der Waals surface area contributed by atoms with Crippen molar-refractivity contribution in [2.45, 2.75) is 24.7 Å². The fourth-order valence-corrected chi connectivity index (χ4v) is 3.44. The lowest BCUT2D eigenvalue weighted by molar-refractivity contribution is 0.475. The zero-order chi connectivity index (χ0) is 13.7. The second kappa shape index (κ2) is 7.76. The molecule has 1 nitrogen and oxygen atoms in total. The standard InChI is InChI=1S/C12H12Cl4OS/c1-2-3-4-5-6-18-12-9(15)7(13)11(17)8(14)10(12)16/h3-4,17H,2,5-6H2,1H3/b4-3+. The van der Waals surface area contributed by atoms with Gasteiger partial charge in [0, 0.05) is 10.6 Å². The van der Waals surface area contributed by atoms with Gasteiger partial charge in [0.15, 0.2) is 5.75 Å². The second-order valence-electron chi connectivity index (χ2n) is 3.45. The Hall–Kier alpha value is 0.270. The fraction of sp³-hybridized carbons (Fsp3) is 0.333. The van der Waals surface area contributed by atoms with E-state index in [-0.39, 0.29) is 25.8 Å². The topological polar surface area (TPSA) is 20.2 Å². The van der Waals surface area contributed by atoms with Gasteiger partial charge in [-0.05, 0) is 12.8 Å². The zero-order valence-corrected chi connectivity index (χ0v) is 13.5. The van der Waals surface area contributed by atoms with Crippen molar-refractivity contribution in [2.75, 3.05) is 5.75 Å². The largest absolute Gasteiger partial charge is 0.505 e. The normalized spacial score (nSPS) is 11.4. The molecule has 6 heteroatoms. The van der Waals surface area contributed by atoms with Crippen LogP contribution < -0.4 is 0 Å². The van der Waals surface area contributed by atoms with Gasteiger partial charge in [0.05, 0.1) is 10.0 Å². The van der Waals surface area contributed by atoms with Crippen molar-refractivity contribution in [1.82, 2.24) is 0 Å². The molecule has 1 aromatic rings. The molecule has 0 atom stereocenters. The molecule has 0 bridgehead atoms. The van der Waals surface area contributed by atoms with Crippen LogP contribution in [0.5, 0.6) is 5.75 Å². The highest BCUT2D eigenvalue weighted by molar-refractivity contribution is 7.99. The first-order valence-corrected chi connectivity index (χ1v) is 7.83. The van der Waals surface area contributed by atoms with Crippen LogP contribution in [0.4, 0.5) is 0 Å². The zero-order valence-electron chi connectivity index (χ0n) is 9.64. The van der Waals surface area contributed by atoms with Gasteiger partial charge in [-0.15, -0.1) is 11.8 Å². The third kappa shape index (κ3) is 3.88. The van der Waals surface area contributed by atoms with Crippen LogP contribution in [0.15, 0.2) is 17.0 Å². The van der Waals surface area contributed by atoms with E-state index in [9.17, 15) is 5.11 Å². The molecular weight excluding hydrogens is 334 g/mol. The monoisotopic (exact) mass is 344 g/mol. The van der Waals surface area contributed by atoms with Crippen LogP contribution in [0.2, 0.25) is 20.1 Å². The number of phenolic OH excluding ortho intramolecular Hbond substituents is 1. The average molecular weight is 346 g/mol. The van der Waals surface area contributed by atoms with Crippen LogP contribution in [0.3, 0.4) is 0 Å². The summed E-state index contributed by atoms with van der Waals surface area (Å²) in [5, 5.41) is 10.1. The number of thioether (sulfide) groups is 1. The predicted molar refractivity (Wildman–Crippen MR) is 82.9 cm³/mol. The molecule has 0 saturated heterocycles. The van der Waals surface area contributed by atoms with Crippen molar-refractivity contribution in [3.05, 3.63) is 32.2 Å². The van der Waals surface area contributed by atoms with Gasteiger partial charge in [-0.1, -0.05) is 65.5 Å². The number of benzene rings is 1. The summed E-state index contributed by atoms with van der Waals surface area (Å²) in [6, 6.07) is 0. The molecule has 0 spiro atoms. The smallest absolute Gasteiger partial charge is 0.155 e. The summed E-state index contributed by atoms with van der Waals surface area (Å²) in [5.74, 6) is 0.538. The molecule has 0 aromatic heterocycles. The summed E-state index contributed by atoms with van der Waals surface area (Å²) >= 11 is 25.3. The molecule has 0 heterocycles. The van der Waals surface area contributed by atoms with Crippen LogP contribution >= 0.6 is 58.2 Å². The van der Waals surface area contributed by atoms with Gasteiger partial charge in [0.1, 0.15) is 10.0 Å². The van der Waals surface area contributed by atoms with Gasteiger partial charge < -0.3 is 5.11 Å². The molecule has 1 N–H and O–H groups in total. The highest BCUT2D eigenvalue weighted by atomic mass is 35.5. The molecule has 0 aliphatic heterocycles. The quantitative estimate of drug-likeness (QED) is 0.286. The first-order valence-electron chi connectivity index (χ1n) is 5.33. The van der Waals surface area contributed by atoms with Gasteiger partial charge in [-0.25, -0.2) is 0 Å². The van der Waals surface area contributed by atoms with E-state index < -0.39 is 0 Å². The Morgan fingerprint density at radius 3 is 2.06 bits per heavy atom. The van der Waals surface area contributed by atoms with E-state index >= 15 is 0 Å². The lowest BCUT2D eigenvalue weighted by Crippen LogP contribution is -1.85. The molecule has 0 fully saturated rings. The fourth-order valence-electron chi connectivity index (χ4n) is 1.24. The van der Waals surface area contributed by atoms with Crippen molar-refractivity contribution in [3.63, 3.8) is 0 Å². The summed E-state index contributed by atoms with van der Waals surface area (Å²) < 4.78 is 0. The number of hydrogen-bond acceptors (Lipinski definition) is 2. The molecule has 1 rings (SSSR count). The summed E-state index contributed by atoms with van der Waals surface area (Å²) in [7, 11) is 0. The van der Waals surface area contributed by atoms with Gasteiger partial charge >= 0.3 is 0 Å². The summed E-state index contributed by atoms with van der Waals surface area (Å²) in [6.45, 7) is 2.08. The molecule has 0 unspecified atom stereocenters. The average Bonchev–Trinajstić information content (AvgIpc) is 2.37. The van der Waals surface area contributed by atoms with Crippen LogP contribution in [-0.2, 0) is 0 Å². The Morgan fingerprint density at radius 1 is 1.00 bits per heavy atom. The van der Waals surface area contributed by atoms with Crippen molar-refractivity contribution in [3.8, 4) is 5.75 Å². The van der Waals surface area contributed by atoms with Crippen molar-refractivity contribution < 1.29 is 5.11 Å². The third-order valence-corrected chi connectivity index (χ3v) is 5.18. The molecule has 100 valence electrons. The summed E-state index contributed by atoms with van der Waals surface area (Å²) in [4.78, 5) is 0.607.